The predicted molar refractivity (Wildman–Crippen MR) is 122 cm³/mol. The van der Waals surface area contributed by atoms with Gasteiger partial charge in [0.2, 0.25) is 0 Å². The van der Waals surface area contributed by atoms with Gasteiger partial charge in [0.15, 0.2) is 0 Å². The highest BCUT2D eigenvalue weighted by Gasteiger charge is 2.17. The minimum Gasteiger partial charge on any atom is -0.387 e. The Kier molecular flexibility index (Phi) is 13.5. The quantitative estimate of drug-likeness (QED) is 0.365. The van der Waals surface area contributed by atoms with Crippen LogP contribution in [0.3, 0.4) is 0 Å². The molecule has 1 saturated carbocycles. The van der Waals surface area contributed by atoms with Crippen LogP contribution in [-0.2, 0) is 0 Å². The average molecular weight is 414 g/mol. The van der Waals surface area contributed by atoms with Gasteiger partial charge in [-0.15, -0.1) is 24.2 Å². The number of halogens is 1. The van der Waals surface area contributed by atoms with E-state index in [-0.39, 0.29) is 18.4 Å². The highest BCUT2D eigenvalue weighted by molar-refractivity contribution is 8.00. The summed E-state index contributed by atoms with van der Waals surface area (Å²) in [7, 11) is 0. The minimum absolute atomic E-state index is 0. The van der Waals surface area contributed by atoms with E-state index in [1.807, 2.05) is 11.8 Å². The Bertz CT molecular complexity index is 476. The van der Waals surface area contributed by atoms with Gasteiger partial charge in [0.05, 0.1) is 6.10 Å². The van der Waals surface area contributed by atoms with Gasteiger partial charge in [-0.1, -0.05) is 70.4 Å². The molecule has 0 spiro atoms. The summed E-state index contributed by atoms with van der Waals surface area (Å²) in [6, 6.07) is 8.70. The van der Waals surface area contributed by atoms with Crippen molar-refractivity contribution in [2.75, 3.05) is 6.54 Å². The number of aliphatic hydroxyl groups is 1. The Hall–Kier alpha value is -0.220. The molecule has 1 aliphatic carbocycles. The first-order valence-corrected chi connectivity index (χ1v) is 11.8. The zero-order chi connectivity index (χ0) is 18.6. The molecule has 4 heteroatoms. The third kappa shape index (κ3) is 9.69. The summed E-state index contributed by atoms with van der Waals surface area (Å²) in [6.07, 6.45) is 14.3. The normalized spacial score (nSPS) is 17.3. The van der Waals surface area contributed by atoms with Crippen molar-refractivity contribution in [2.24, 2.45) is 0 Å². The lowest BCUT2D eigenvalue weighted by molar-refractivity contribution is 0.136. The Morgan fingerprint density at radius 1 is 1.00 bits per heavy atom. The smallest absolute Gasteiger partial charge is 0.0940 e. The molecule has 1 aromatic rings. The summed E-state index contributed by atoms with van der Waals surface area (Å²) in [4.78, 5) is 1.35. The number of aliphatic hydroxyl groups excluding tert-OH is 1. The third-order valence-electron chi connectivity index (χ3n) is 5.55. The highest BCUT2D eigenvalue weighted by atomic mass is 35.5. The van der Waals surface area contributed by atoms with Crippen molar-refractivity contribution >= 4 is 24.2 Å². The van der Waals surface area contributed by atoms with E-state index in [9.17, 15) is 5.11 Å². The van der Waals surface area contributed by atoms with Gasteiger partial charge in [-0.3, -0.25) is 0 Å². The van der Waals surface area contributed by atoms with Crippen LogP contribution in [0.5, 0.6) is 0 Å². The monoisotopic (exact) mass is 413 g/mol. The third-order valence-corrected chi connectivity index (χ3v) is 6.90. The van der Waals surface area contributed by atoms with Crippen LogP contribution in [0, 0.1) is 0 Å². The molecule has 2 nitrogen and oxygen atoms in total. The fraction of sp³-hybridized carbons (Fsp3) is 0.739. The summed E-state index contributed by atoms with van der Waals surface area (Å²) < 4.78 is 0. The first-order valence-electron chi connectivity index (χ1n) is 10.9. The van der Waals surface area contributed by atoms with Crippen LogP contribution in [-0.4, -0.2) is 22.9 Å². The van der Waals surface area contributed by atoms with E-state index >= 15 is 0 Å². The van der Waals surface area contributed by atoms with Crippen molar-refractivity contribution in [3.8, 4) is 0 Å². The van der Waals surface area contributed by atoms with E-state index in [4.69, 9.17) is 0 Å². The standard InChI is InChI=1S/C23H39NOS.ClH/c1-3-4-5-6-7-11-18-24-19(2)23(25)20-14-16-22(17-15-20)26-21-12-9-8-10-13-21;/h14-17,19,21,23-25H,3-13,18H2,1-2H3;1H. The van der Waals surface area contributed by atoms with Gasteiger partial charge in [-0.25, -0.2) is 0 Å². The lowest BCUT2D eigenvalue weighted by Gasteiger charge is -2.22. The summed E-state index contributed by atoms with van der Waals surface area (Å²) >= 11 is 2.02. The average Bonchev–Trinajstić information content (AvgIpc) is 2.68. The second-order valence-electron chi connectivity index (χ2n) is 7.90. The Labute approximate surface area is 177 Å². The molecule has 1 fully saturated rings. The SMILES string of the molecule is CCCCCCCCNC(C)C(O)c1ccc(SC2CCCCC2)cc1.Cl. The molecule has 0 aromatic heterocycles. The Morgan fingerprint density at radius 2 is 1.63 bits per heavy atom. The fourth-order valence-electron chi connectivity index (χ4n) is 3.75. The van der Waals surface area contributed by atoms with E-state index in [2.05, 4.69) is 43.4 Å². The van der Waals surface area contributed by atoms with E-state index in [0.29, 0.717) is 0 Å². The first-order chi connectivity index (χ1) is 12.7. The number of hydrogen-bond donors (Lipinski definition) is 2. The van der Waals surface area contributed by atoms with Gasteiger partial charge in [0.25, 0.3) is 0 Å². The van der Waals surface area contributed by atoms with E-state index in [1.54, 1.807) is 0 Å². The van der Waals surface area contributed by atoms with Crippen molar-refractivity contribution in [3.63, 3.8) is 0 Å². The second kappa shape index (κ2) is 14.7. The lowest BCUT2D eigenvalue weighted by atomic mass is 10.0. The molecule has 2 atom stereocenters. The van der Waals surface area contributed by atoms with Crippen LogP contribution in [0.25, 0.3) is 0 Å². The maximum atomic E-state index is 10.6. The van der Waals surface area contributed by atoms with Crippen LogP contribution in [0.15, 0.2) is 29.2 Å². The van der Waals surface area contributed by atoms with Gasteiger partial charge in [-0.05, 0) is 50.4 Å². The molecular formula is C23H40ClNOS. The topological polar surface area (TPSA) is 32.3 Å². The number of nitrogens with one attached hydrogen (secondary N) is 1. The molecule has 2 N–H and O–H groups in total. The highest BCUT2D eigenvalue weighted by Crippen LogP contribution is 2.34. The number of unbranched alkanes of at least 4 members (excludes halogenated alkanes) is 5. The van der Waals surface area contributed by atoms with E-state index < -0.39 is 6.10 Å². The maximum absolute atomic E-state index is 10.6. The maximum Gasteiger partial charge on any atom is 0.0940 e. The van der Waals surface area contributed by atoms with Gasteiger partial charge in [0, 0.05) is 16.2 Å². The van der Waals surface area contributed by atoms with Crippen molar-refractivity contribution in [1.29, 1.82) is 0 Å². The first kappa shape index (κ1) is 24.8. The second-order valence-corrected chi connectivity index (χ2v) is 9.28. The summed E-state index contributed by atoms with van der Waals surface area (Å²) in [5.74, 6) is 0. The Balaban J connectivity index is 0.00000364. The van der Waals surface area contributed by atoms with Crippen molar-refractivity contribution in [2.45, 2.75) is 107 Å². The predicted octanol–water partition coefficient (Wildman–Crippen LogP) is 6.91. The minimum atomic E-state index is -0.427. The molecular weight excluding hydrogens is 374 g/mol. The number of thioether (sulfide) groups is 1. The molecule has 0 heterocycles. The molecule has 0 saturated heterocycles. The molecule has 27 heavy (non-hydrogen) atoms. The van der Waals surface area contributed by atoms with Crippen LogP contribution < -0.4 is 5.32 Å². The lowest BCUT2D eigenvalue weighted by Crippen LogP contribution is -2.32. The summed E-state index contributed by atoms with van der Waals surface area (Å²) in [5.41, 5.74) is 1.03. The zero-order valence-corrected chi connectivity index (χ0v) is 18.9. The van der Waals surface area contributed by atoms with E-state index in [1.165, 1.54) is 75.5 Å². The number of benzene rings is 1. The Morgan fingerprint density at radius 3 is 2.30 bits per heavy atom. The molecule has 0 amide bonds. The van der Waals surface area contributed by atoms with Crippen molar-refractivity contribution < 1.29 is 5.11 Å². The molecule has 2 unspecified atom stereocenters. The molecule has 0 bridgehead atoms. The van der Waals surface area contributed by atoms with Crippen LogP contribution >= 0.6 is 24.2 Å². The molecule has 0 radical (unpaired) electrons. The van der Waals surface area contributed by atoms with Crippen LogP contribution in [0.1, 0.15) is 96.1 Å². The number of hydrogen-bond acceptors (Lipinski definition) is 3. The molecule has 1 aliphatic rings. The van der Waals surface area contributed by atoms with Crippen LogP contribution in [0.4, 0.5) is 0 Å². The van der Waals surface area contributed by atoms with E-state index in [0.717, 1.165) is 17.4 Å². The van der Waals surface area contributed by atoms with Crippen LogP contribution in [0.2, 0.25) is 0 Å². The van der Waals surface area contributed by atoms with Gasteiger partial charge in [-0.2, -0.15) is 0 Å². The molecule has 0 aliphatic heterocycles. The van der Waals surface area contributed by atoms with Crippen molar-refractivity contribution in [3.05, 3.63) is 29.8 Å². The molecule has 2 rings (SSSR count). The van der Waals surface area contributed by atoms with Gasteiger partial charge in [0.1, 0.15) is 0 Å². The molecule has 1 aromatic carbocycles. The summed E-state index contributed by atoms with van der Waals surface area (Å²) in [6.45, 7) is 5.35. The largest absolute Gasteiger partial charge is 0.387 e. The molecule has 156 valence electrons. The van der Waals surface area contributed by atoms with Crippen molar-refractivity contribution in [1.82, 2.24) is 5.32 Å². The zero-order valence-electron chi connectivity index (χ0n) is 17.3. The van der Waals surface area contributed by atoms with Gasteiger partial charge >= 0.3 is 0 Å². The number of rotatable bonds is 12. The fourth-order valence-corrected chi connectivity index (χ4v) is 5.00. The van der Waals surface area contributed by atoms with Gasteiger partial charge < -0.3 is 10.4 Å². The summed E-state index contributed by atoms with van der Waals surface area (Å²) in [5, 5.41) is 14.9.